The summed E-state index contributed by atoms with van der Waals surface area (Å²) in [5.74, 6) is -0.100. The highest BCUT2D eigenvalue weighted by molar-refractivity contribution is 7.80. The average Bonchev–Trinajstić information content (AvgIpc) is 2.66. The summed E-state index contributed by atoms with van der Waals surface area (Å²) in [5, 5.41) is 13.9. The second-order valence-electron chi connectivity index (χ2n) is 6.98. The van der Waals surface area contributed by atoms with Crippen molar-refractivity contribution in [1.29, 1.82) is 0 Å². The SMILES string of the molecule is CC(=O)Nc1ccc(NC(=S)Nc2cccc(Cl)c2NC2CCCCC2)cc1. The molecule has 0 saturated heterocycles. The molecule has 0 spiro atoms. The Morgan fingerprint density at radius 1 is 0.964 bits per heavy atom. The second kappa shape index (κ2) is 9.75. The first-order valence-electron chi connectivity index (χ1n) is 9.52. The maximum Gasteiger partial charge on any atom is 0.221 e. The molecule has 1 aliphatic rings. The lowest BCUT2D eigenvalue weighted by Crippen LogP contribution is -2.24. The fourth-order valence-electron chi connectivity index (χ4n) is 3.35. The van der Waals surface area contributed by atoms with Crippen molar-refractivity contribution in [2.75, 3.05) is 21.3 Å². The maximum atomic E-state index is 11.1. The van der Waals surface area contributed by atoms with E-state index >= 15 is 0 Å². The van der Waals surface area contributed by atoms with Crippen LogP contribution in [0.2, 0.25) is 5.02 Å². The molecule has 5 nitrogen and oxygen atoms in total. The summed E-state index contributed by atoms with van der Waals surface area (Å²) in [4.78, 5) is 11.1. The van der Waals surface area contributed by atoms with Crippen molar-refractivity contribution in [3.05, 3.63) is 47.5 Å². The van der Waals surface area contributed by atoms with Crippen molar-refractivity contribution in [3.8, 4) is 0 Å². The fraction of sp³-hybridized carbons (Fsp3) is 0.333. The van der Waals surface area contributed by atoms with Gasteiger partial charge >= 0.3 is 0 Å². The highest BCUT2D eigenvalue weighted by Gasteiger charge is 2.16. The lowest BCUT2D eigenvalue weighted by atomic mass is 9.95. The van der Waals surface area contributed by atoms with E-state index in [1.807, 2.05) is 42.5 Å². The fourth-order valence-corrected chi connectivity index (χ4v) is 3.81. The van der Waals surface area contributed by atoms with Crippen LogP contribution in [0.3, 0.4) is 0 Å². The number of halogens is 1. The van der Waals surface area contributed by atoms with Gasteiger partial charge in [-0.1, -0.05) is 36.9 Å². The van der Waals surface area contributed by atoms with E-state index in [1.165, 1.54) is 26.2 Å². The molecule has 0 bridgehead atoms. The van der Waals surface area contributed by atoms with Gasteiger partial charge in [0.15, 0.2) is 5.11 Å². The molecule has 0 aliphatic heterocycles. The zero-order valence-corrected chi connectivity index (χ0v) is 17.4. The van der Waals surface area contributed by atoms with Crippen molar-refractivity contribution in [1.82, 2.24) is 0 Å². The van der Waals surface area contributed by atoms with Crippen molar-refractivity contribution in [2.24, 2.45) is 0 Å². The Labute approximate surface area is 176 Å². The van der Waals surface area contributed by atoms with Crippen LogP contribution >= 0.6 is 23.8 Å². The minimum Gasteiger partial charge on any atom is -0.379 e. The molecule has 0 unspecified atom stereocenters. The number of nitrogens with one attached hydrogen (secondary N) is 4. The highest BCUT2D eigenvalue weighted by Crippen LogP contribution is 2.33. The third kappa shape index (κ3) is 5.84. The maximum absolute atomic E-state index is 11.1. The molecule has 28 heavy (non-hydrogen) atoms. The number of hydrogen-bond acceptors (Lipinski definition) is 3. The molecule has 2 aromatic carbocycles. The second-order valence-corrected chi connectivity index (χ2v) is 7.79. The third-order valence-electron chi connectivity index (χ3n) is 4.68. The summed E-state index contributed by atoms with van der Waals surface area (Å²) in [7, 11) is 0. The average molecular weight is 417 g/mol. The molecule has 1 aliphatic carbocycles. The van der Waals surface area contributed by atoms with Gasteiger partial charge in [-0.05, 0) is 61.5 Å². The number of para-hydroxylation sites is 1. The molecule has 2 aromatic rings. The molecule has 148 valence electrons. The predicted octanol–water partition coefficient (Wildman–Crippen LogP) is 5.85. The van der Waals surface area contributed by atoms with E-state index in [0.717, 1.165) is 35.6 Å². The zero-order chi connectivity index (χ0) is 19.9. The zero-order valence-electron chi connectivity index (χ0n) is 15.8. The molecule has 4 N–H and O–H groups in total. The van der Waals surface area contributed by atoms with E-state index in [0.29, 0.717) is 16.2 Å². The number of amides is 1. The van der Waals surface area contributed by atoms with Gasteiger partial charge in [-0.25, -0.2) is 0 Å². The van der Waals surface area contributed by atoms with Crippen LogP contribution < -0.4 is 21.3 Å². The largest absolute Gasteiger partial charge is 0.379 e. The van der Waals surface area contributed by atoms with Crippen LogP contribution in [-0.4, -0.2) is 17.1 Å². The first-order chi connectivity index (χ1) is 13.5. The Kier molecular flexibility index (Phi) is 7.12. The normalized spacial score (nSPS) is 14.2. The monoisotopic (exact) mass is 416 g/mol. The van der Waals surface area contributed by atoms with E-state index in [9.17, 15) is 4.79 Å². The number of benzene rings is 2. The van der Waals surface area contributed by atoms with Crippen LogP contribution in [0.4, 0.5) is 22.7 Å². The number of hydrogen-bond donors (Lipinski definition) is 4. The predicted molar refractivity (Wildman–Crippen MR) is 123 cm³/mol. The minimum atomic E-state index is -0.100. The lowest BCUT2D eigenvalue weighted by molar-refractivity contribution is -0.114. The van der Waals surface area contributed by atoms with Crippen LogP contribution in [0.1, 0.15) is 39.0 Å². The topological polar surface area (TPSA) is 65.2 Å². The van der Waals surface area contributed by atoms with Gasteiger partial charge in [-0.3, -0.25) is 4.79 Å². The Balaban J connectivity index is 1.64. The van der Waals surface area contributed by atoms with E-state index in [4.69, 9.17) is 23.8 Å². The van der Waals surface area contributed by atoms with Gasteiger partial charge in [0.25, 0.3) is 0 Å². The van der Waals surface area contributed by atoms with Gasteiger partial charge in [0.05, 0.1) is 16.4 Å². The van der Waals surface area contributed by atoms with Crippen LogP contribution in [0.15, 0.2) is 42.5 Å². The molecule has 7 heteroatoms. The van der Waals surface area contributed by atoms with E-state index in [-0.39, 0.29) is 5.91 Å². The quantitative estimate of drug-likeness (QED) is 0.460. The Morgan fingerprint density at radius 3 is 2.25 bits per heavy atom. The summed E-state index contributed by atoms with van der Waals surface area (Å²) < 4.78 is 0. The number of carbonyl (C=O) groups excluding carboxylic acids is 1. The van der Waals surface area contributed by atoms with Gasteiger partial charge in [-0.15, -0.1) is 0 Å². The van der Waals surface area contributed by atoms with Gasteiger partial charge in [0.2, 0.25) is 5.91 Å². The third-order valence-corrected chi connectivity index (χ3v) is 5.20. The van der Waals surface area contributed by atoms with Crippen LogP contribution in [0, 0.1) is 0 Å². The van der Waals surface area contributed by atoms with Crippen LogP contribution in [0.25, 0.3) is 0 Å². The Morgan fingerprint density at radius 2 is 1.61 bits per heavy atom. The van der Waals surface area contributed by atoms with E-state index in [2.05, 4.69) is 21.3 Å². The molecule has 0 atom stereocenters. The number of rotatable bonds is 5. The molecular weight excluding hydrogens is 392 g/mol. The molecular formula is C21H25ClN4OS. The smallest absolute Gasteiger partial charge is 0.221 e. The van der Waals surface area contributed by atoms with Gasteiger partial charge in [-0.2, -0.15) is 0 Å². The van der Waals surface area contributed by atoms with Gasteiger partial charge in [0, 0.05) is 24.3 Å². The molecule has 1 saturated carbocycles. The molecule has 0 heterocycles. The lowest BCUT2D eigenvalue weighted by Gasteiger charge is -2.26. The number of carbonyl (C=O) groups is 1. The number of anilines is 4. The molecule has 1 amide bonds. The van der Waals surface area contributed by atoms with Crippen molar-refractivity contribution < 1.29 is 4.79 Å². The van der Waals surface area contributed by atoms with Crippen LogP contribution in [-0.2, 0) is 4.79 Å². The van der Waals surface area contributed by atoms with Crippen molar-refractivity contribution in [3.63, 3.8) is 0 Å². The van der Waals surface area contributed by atoms with Crippen molar-refractivity contribution in [2.45, 2.75) is 45.1 Å². The number of thiocarbonyl (C=S) groups is 1. The van der Waals surface area contributed by atoms with E-state index in [1.54, 1.807) is 0 Å². The Hall–Kier alpha value is -2.31. The minimum absolute atomic E-state index is 0.100. The Bertz CT molecular complexity index is 835. The summed E-state index contributed by atoms with van der Waals surface area (Å²) in [6, 6.07) is 13.6. The summed E-state index contributed by atoms with van der Waals surface area (Å²) in [5.41, 5.74) is 3.31. The first-order valence-corrected chi connectivity index (χ1v) is 10.3. The summed E-state index contributed by atoms with van der Waals surface area (Å²) in [6.45, 7) is 1.48. The molecule has 0 radical (unpaired) electrons. The molecule has 0 aromatic heterocycles. The summed E-state index contributed by atoms with van der Waals surface area (Å²) >= 11 is 11.9. The first kappa shape index (κ1) is 20.4. The molecule has 3 rings (SSSR count). The summed E-state index contributed by atoms with van der Waals surface area (Å²) in [6.07, 6.45) is 6.13. The van der Waals surface area contributed by atoms with Crippen molar-refractivity contribution >= 4 is 57.6 Å². The standard InChI is InChI=1S/C21H25ClN4OS/c1-14(27)23-16-10-12-17(13-11-16)25-21(28)26-19-9-5-8-18(22)20(19)24-15-6-3-2-4-7-15/h5,8-13,15,24H,2-4,6-7H2,1H3,(H,23,27)(H2,25,26,28). The van der Waals surface area contributed by atoms with Gasteiger partial charge in [0.1, 0.15) is 0 Å². The van der Waals surface area contributed by atoms with Crippen LogP contribution in [0.5, 0.6) is 0 Å². The molecule has 1 fully saturated rings. The van der Waals surface area contributed by atoms with Gasteiger partial charge < -0.3 is 21.3 Å². The van der Waals surface area contributed by atoms with E-state index < -0.39 is 0 Å². The highest BCUT2D eigenvalue weighted by atomic mass is 35.5.